The molecule has 61 heavy (non-hydrogen) atoms. The number of furan rings is 1. The van der Waals surface area contributed by atoms with E-state index in [9.17, 15) is 0 Å². The van der Waals surface area contributed by atoms with Crippen LogP contribution in [-0.4, -0.2) is 0 Å². The highest BCUT2D eigenvalue weighted by Gasteiger charge is 2.36. The van der Waals surface area contributed by atoms with Crippen molar-refractivity contribution in [1.29, 1.82) is 0 Å². The van der Waals surface area contributed by atoms with E-state index in [-0.39, 0.29) is 5.41 Å². The highest BCUT2D eigenvalue weighted by Crippen LogP contribution is 2.51. The lowest BCUT2D eigenvalue weighted by atomic mass is 9.82. The van der Waals surface area contributed by atoms with Crippen molar-refractivity contribution in [1.82, 2.24) is 0 Å². The van der Waals surface area contributed by atoms with E-state index in [1.54, 1.807) is 0 Å². The number of hydrogen-bond acceptors (Lipinski definition) is 2. The molecule has 290 valence electrons. The number of para-hydroxylation sites is 1. The summed E-state index contributed by atoms with van der Waals surface area (Å²) in [5.74, 6) is 0. The zero-order valence-corrected chi connectivity index (χ0v) is 34.3. The van der Waals surface area contributed by atoms with Crippen molar-refractivity contribution in [3.8, 4) is 33.4 Å². The maximum atomic E-state index is 6.84. The molecule has 1 heterocycles. The summed E-state index contributed by atoms with van der Waals surface area (Å²) < 4.78 is 6.84. The second kappa shape index (κ2) is 13.8. The van der Waals surface area contributed by atoms with Gasteiger partial charge in [-0.25, -0.2) is 0 Å². The molecule has 0 atom stereocenters. The van der Waals surface area contributed by atoms with Gasteiger partial charge in [0.25, 0.3) is 0 Å². The lowest BCUT2D eigenvalue weighted by Gasteiger charge is -2.32. The molecule has 0 amide bonds. The van der Waals surface area contributed by atoms with E-state index >= 15 is 0 Å². The first kappa shape index (κ1) is 35.5. The fraction of sp³-hybridized carbons (Fsp3) is 0.0847. The second-order valence-corrected chi connectivity index (χ2v) is 17.2. The minimum absolute atomic E-state index is 0.122. The number of rotatable bonds is 6. The average Bonchev–Trinajstić information content (AvgIpc) is 3.79. The molecule has 0 spiro atoms. The SMILES string of the molecule is CC1(C)c2ccccc2-c2ccc(N(C3=C(c4cccc5c4oc4cc6ccccc6cc45)C=CCC3)c3ccc(-c4ccc(-c5cccc6ccccc56)cc4)cc3)cc21. The molecule has 2 heteroatoms. The lowest BCUT2D eigenvalue weighted by molar-refractivity contribution is 0.660. The molecule has 0 aliphatic heterocycles. The molecule has 0 bridgehead atoms. The van der Waals surface area contributed by atoms with Crippen molar-refractivity contribution in [3.63, 3.8) is 0 Å². The van der Waals surface area contributed by atoms with Crippen LogP contribution in [0.3, 0.4) is 0 Å². The Hall–Kier alpha value is -7.42. The van der Waals surface area contributed by atoms with Gasteiger partial charge in [0.05, 0.1) is 0 Å². The maximum absolute atomic E-state index is 6.84. The second-order valence-electron chi connectivity index (χ2n) is 17.2. The third-order valence-corrected chi connectivity index (χ3v) is 13.3. The zero-order valence-electron chi connectivity index (χ0n) is 34.3. The van der Waals surface area contributed by atoms with Crippen molar-refractivity contribution in [2.24, 2.45) is 0 Å². The summed E-state index contributed by atoms with van der Waals surface area (Å²) >= 11 is 0. The number of benzene rings is 9. The van der Waals surface area contributed by atoms with Crippen LogP contribution in [0.25, 0.3) is 82.4 Å². The van der Waals surface area contributed by atoms with Crippen LogP contribution in [0.5, 0.6) is 0 Å². The molecule has 1 aromatic heterocycles. The summed E-state index contributed by atoms with van der Waals surface area (Å²) in [4.78, 5) is 2.52. The normalized spacial score (nSPS) is 14.3. The molecular weight excluding hydrogens is 739 g/mol. The quantitative estimate of drug-likeness (QED) is 0.167. The molecule has 0 saturated heterocycles. The molecule has 9 aromatic carbocycles. The van der Waals surface area contributed by atoms with Gasteiger partial charge in [0, 0.05) is 44.4 Å². The first-order chi connectivity index (χ1) is 30.0. The number of hydrogen-bond donors (Lipinski definition) is 0. The van der Waals surface area contributed by atoms with Crippen molar-refractivity contribution in [2.75, 3.05) is 4.90 Å². The molecule has 0 radical (unpaired) electrons. The molecule has 0 saturated carbocycles. The number of fused-ring (bicyclic) bond motifs is 8. The van der Waals surface area contributed by atoms with Crippen LogP contribution in [0, 0.1) is 0 Å². The number of nitrogens with zero attached hydrogens (tertiary/aromatic N) is 1. The van der Waals surface area contributed by atoms with Gasteiger partial charge in [-0.1, -0.05) is 178 Å². The van der Waals surface area contributed by atoms with Gasteiger partial charge in [-0.3, -0.25) is 0 Å². The highest BCUT2D eigenvalue weighted by molar-refractivity contribution is 6.13. The van der Waals surface area contributed by atoms with Crippen LogP contribution >= 0.6 is 0 Å². The Bertz CT molecular complexity index is 3430. The summed E-state index contributed by atoms with van der Waals surface area (Å²) in [6.07, 6.45) is 6.49. The van der Waals surface area contributed by atoms with E-state index in [0.29, 0.717) is 0 Å². The van der Waals surface area contributed by atoms with Gasteiger partial charge in [-0.15, -0.1) is 0 Å². The fourth-order valence-corrected chi connectivity index (χ4v) is 10.2. The van der Waals surface area contributed by atoms with Gasteiger partial charge < -0.3 is 9.32 Å². The third kappa shape index (κ3) is 5.70. The Morgan fingerprint density at radius 1 is 0.459 bits per heavy atom. The van der Waals surface area contributed by atoms with E-state index in [0.717, 1.165) is 51.7 Å². The fourth-order valence-electron chi connectivity index (χ4n) is 10.2. The Morgan fingerprint density at radius 3 is 1.90 bits per heavy atom. The summed E-state index contributed by atoms with van der Waals surface area (Å²) in [5, 5.41) is 7.23. The van der Waals surface area contributed by atoms with Crippen molar-refractivity contribution < 1.29 is 4.42 Å². The smallest absolute Gasteiger partial charge is 0.143 e. The Morgan fingerprint density at radius 2 is 1.07 bits per heavy atom. The summed E-state index contributed by atoms with van der Waals surface area (Å²) in [6, 6.07) is 69.1. The Labute approximate surface area is 356 Å². The maximum Gasteiger partial charge on any atom is 0.143 e. The molecule has 2 aliphatic carbocycles. The average molecular weight is 782 g/mol. The first-order valence-corrected chi connectivity index (χ1v) is 21.5. The summed E-state index contributed by atoms with van der Waals surface area (Å²) in [5.41, 5.74) is 17.9. The van der Waals surface area contributed by atoms with Gasteiger partial charge >= 0.3 is 0 Å². The molecule has 0 fully saturated rings. The summed E-state index contributed by atoms with van der Waals surface area (Å²) in [6.45, 7) is 4.73. The van der Waals surface area contributed by atoms with Crippen molar-refractivity contribution in [2.45, 2.75) is 32.1 Å². The van der Waals surface area contributed by atoms with Crippen LogP contribution < -0.4 is 4.90 Å². The zero-order chi connectivity index (χ0) is 40.7. The van der Waals surface area contributed by atoms with Crippen LogP contribution in [-0.2, 0) is 5.41 Å². The van der Waals surface area contributed by atoms with E-state index in [2.05, 4.69) is 219 Å². The van der Waals surface area contributed by atoms with Gasteiger partial charge in [-0.05, 0) is 115 Å². The third-order valence-electron chi connectivity index (χ3n) is 13.3. The van der Waals surface area contributed by atoms with E-state index in [1.807, 2.05) is 0 Å². The van der Waals surface area contributed by atoms with E-state index < -0.39 is 0 Å². The lowest BCUT2D eigenvalue weighted by Crippen LogP contribution is -2.21. The molecule has 2 aliphatic rings. The van der Waals surface area contributed by atoms with Crippen LogP contribution in [0.1, 0.15) is 43.4 Å². The molecule has 12 rings (SSSR count). The Kier molecular flexibility index (Phi) is 8.05. The Balaban J connectivity index is 1.000. The topological polar surface area (TPSA) is 16.4 Å². The van der Waals surface area contributed by atoms with Gasteiger partial charge in [-0.2, -0.15) is 0 Å². The van der Waals surface area contributed by atoms with Gasteiger partial charge in [0.1, 0.15) is 11.2 Å². The van der Waals surface area contributed by atoms with Crippen LogP contribution in [0.15, 0.2) is 210 Å². The summed E-state index contributed by atoms with van der Waals surface area (Å²) in [7, 11) is 0. The first-order valence-electron chi connectivity index (χ1n) is 21.5. The predicted molar refractivity (Wildman–Crippen MR) is 257 cm³/mol. The van der Waals surface area contributed by atoms with Crippen molar-refractivity contribution >= 4 is 60.4 Å². The predicted octanol–water partition coefficient (Wildman–Crippen LogP) is 16.4. The molecule has 10 aromatic rings. The van der Waals surface area contributed by atoms with Crippen LogP contribution in [0.4, 0.5) is 11.4 Å². The molecule has 2 nitrogen and oxygen atoms in total. The van der Waals surface area contributed by atoms with E-state index in [1.165, 1.54) is 77.3 Å². The molecular formula is C59H43NO. The number of allylic oxidation sites excluding steroid dienone is 4. The van der Waals surface area contributed by atoms with Crippen molar-refractivity contribution in [3.05, 3.63) is 223 Å². The standard InChI is InChI=1S/C59H43NO/c1-59(2)54-23-9-7-18-48(54)49-34-33-45(37-55(49)59)60(44-31-29-39(30-32-44)38-25-27-41(28-26-38)47-20-11-16-40-13-5-6-17-46(40)47)56-24-10-8-19-50(56)51-21-12-22-52-53-35-42-14-3-4-15-43(42)36-57(53)61-58(51)52/h3-9,11-23,25-37H,10,24H2,1-2H3. The van der Waals surface area contributed by atoms with Gasteiger partial charge in [0.2, 0.25) is 0 Å². The largest absolute Gasteiger partial charge is 0.455 e. The number of anilines is 2. The van der Waals surface area contributed by atoms with E-state index in [4.69, 9.17) is 4.42 Å². The highest BCUT2D eigenvalue weighted by atomic mass is 16.3. The molecule has 0 N–H and O–H groups in total. The van der Waals surface area contributed by atoms with Crippen LogP contribution in [0.2, 0.25) is 0 Å². The minimum atomic E-state index is -0.122. The monoisotopic (exact) mass is 781 g/mol. The minimum Gasteiger partial charge on any atom is -0.455 e. The molecule has 0 unspecified atom stereocenters. The van der Waals surface area contributed by atoms with Gasteiger partial charge in [0.15, 0.2) is 0 Å².